The summed E-state index contributed by atoms with van der Waals surface area (Å²) in [6, 6.07) is 7.55. The molecule has 2 heterocycles. The molecule has 7 nitrogen and oxygen atoms in total. The molecule has 0 spiro atoms. The van der Waals surface area contributed by atoms with E-state index in [-0.39, 0.29) is 30.8 Å². The first-order chi connectivity index (χ1) is 12.6. The molecule has 0 saturated carbocycles. The number of ether oxygens (including phenoxy) is 2. The van der Waals surface area contributed by atoms with E-state index in [2.05, 4.69) is 5.32 Å². The molecule has 3 rings (SSSR count). The Morgan fingerprint density at radius 2 is 2.04 bits per heavy atom. The molecule has 0 unspecified atom stereocenters. The third-order valence-corrected chi connectivity index (χ3v) is 4.96. The van der Waals surface area contributed by atoms with E-state index >= 15 is 0 Å². The van der Waals surface area contributed by atoms with Gasteiger partial charge in [0.2, 0.25) is 5.91 Å². The summed E-state index contributed by atoms with van der Waals surface area (Å²) >= 11 is 0. The summed E-state index contributed by atoms with van der Waals surface area (Å²) in [5.74, 6) is -0.333. The lowest BCUT2D eigenvalue weighted by molar-refractivity contribution is -0.143. The highest BCUT2D eigenvalue weighted by Gasteiger charge is 2.38. The molecule has 1 saturated heterocycles. The highest BCUT2D eigenvalue weighted by atomic mass is 35.5. The first kappa shape index (κ1) is 21.2. The molecular weight excluding hydrogens is 370 g/mol. The van der Waals surface area contributed by atoms with Gasteiger partial charge in [-0.1, -0.05) is 0 Å². The molecule has 0 radical (unpaired) electrons. The Balaban J connectivity index is 0.00000261. The van der Waals surface area contributed by atoms with Gasteiger partial charge in [0.1, 0.15) is 6.54 Å². The first-order valence-electron chi connectivity index (χ1n) is 8.92. The maximum Gasteiger partial charge on any atom is 0.325 e. The van der Waals surface area contributed by atoms with Crippen molar-refractivity contribution in [3.63, 3.8) is 0 Å². The number of benzene rings is 1. The van der Waals surface area contributed by atoms with Crippen LogP contribution in [0.15, 0.2) is 30.5 Å². The van der Waals surface area contributed by atoms with Gasteiger partial charge in [-0.25, -0.2) is 0 Å². The maximum atomic E-state index is 12.8. The summed E-state index contributed by atoms with van der Waals surface area (Å²) in [5.41, 5.74) is 6.96. The minimum Gasteiger partial charge on any atom is -0.465 e. The summed E-state index contributed by atoms with van der Waals surface area (Å²) in [6.07, 6.45) is 3.11. The minimum absolute atomic E-state index is 0. The molecule has 1 fully saturated rings. The first-order valence-corrected chi connectivity index (χ1v) is 8.92. The predicted octanol–water partition coefficient (Wildman–Crippen LogP) is 2.32. The van der Waals surface area contributed by atoms with Crippen LogP contribution in [0, 0.1) is 5.41 Å². The zero-order valence-corrected chi connectivity index (χ0v) is 16.2. The number of hydrogen-bond acceptors (Lipinski definition) is 5. The van der Waals surface area contributed by atoms with Crippen molar-refractivity contribution in [1.82, 2.24) is 4.57 Å². The predicted molar refractivity (Wildman–Crippen MR) is 106 cm³/mol. The number of nitrogens with two attached hydrogens (primary N) is 1. The van der Waals surface area contributed by atoms with Gasteiger partial charge in [0, 0.05) is 42.5 Å². The van der Waals surface area contributed by atoms with E-state index in [1.54, 1.807) is 6.92 Å². The monoisotopic (exact) mass is 395 g/mol. The van der Waals surface area contributed by atoms with Gasteiger partial charge in [-0.05, 0) is 44.0 Å². The van der Waals surface area contributed by atoms with Crippen LogP contribution in [0.3, 0.4) is 0 Å². The van der Waals surface area contributed by atoms with E-state index < -0.39 is 5.41 Å². The average Bonchev–Trinajstić information content (AvgIpc) is 3.04. The van der Waals surface area contributed by atoms with Gasteiger partial charge >= 0.3 is 5.97 Å². The maximum absolute atomic E-state index is 12.8. The molecule has 1 aromatic carbocycles. The topological polar surface area (TPSA) is 95.6 Å². The van der Waals surface area contributed by atoms with Crippen LogP contribution in [-0.4, -0.2) is 42.8 Å². The van der Waals surface area contributed by atoms with Crippen LogP contribution in [0.5, 0.6) is 0 Å². The number of hydrogen-bond donors (Lipinski definition) is 2. The van der Waals surface area contributed by atoms with Crippen LogP contribution in [0.1, 0.15) is 19.8 Å². The number of halogens is 1. The van der Waals surface area contributed by atoms with Gasteiger partial charge in [-0.2, -0.15) is 0 Å². The second-order valence-corrected chi connectivity index (χ2v) is 6.57. The number of nitrogens with zero attached hydrogens (tertiary/aromatic N) is 1. The summed E-state index contributed by atoms with van der Waals surface area (Å²) in [7, 11) is 0. The number of aromatic nitrogens is 1. The van der Waals surface area contributed by atoms with Gasteiger partial charge in [0.15, 0.2) is 0 Å². The van der Waals surface area contributed by atoms with E-state index in [1.165, 1.54) is 0 Å². The van der Waals surface area contributed by atoms with E-state index in [9.17, 15) is 9.59 Å². The zero-order chi connectivity index (χ0) is 18.6. The van der Waals surface area contributed by atoms with E-state index in [0.717, 1.165) is 16.6 Å². The molecule has 1 amide bonds. The van der Waals surface area contributed by atoms with Crippen molar-refractivity contribution in [2.24, 2.45) is 11.1 Å². The highest BCUT2D eigenvalue weighted by Crippen LogP contribution is 2.31. The van der Waals surface area contributed by atoms with Crippen molar-refractivity contribution >= 4 is 40.9 Å². The largest absolute Gasteiger partial charge is 0.465 e. The van der Waals surface area contributed by atoms with Crippen LogP contribution in [-0.2, 0) is 25.6 Å². The van der Waals surface area contributed by atoms with E-state index in [0.29, 0.717) is 39.2 Å². The normalized spacial score (nSPS) is 15.8. The summed E-state index contributed by atoms with van der Waals surface area (Å²) in [5, 5.41) is 3.94. The molecule has 3 N–H and O–H groups in total. The molecule has 8 heteroatoms. The summed E-state index contributed by atoms with van der Waals surface area (Å²) in [6.45, 7) is 3.73. The Labute approximate surface area is 164 Å². The molecular formula is C19H26ClN3O4. The zero-order valence-electron chi connectivity index (χ0n) is 15.4. The molecule has 0 aliphatic carbocycles. The lowest BCUT2D eigenvalue weighted by Crippen LogP contribution is -2.46. The standard InChI is InChI=1S/C19H25N3O4.ClH/c1-2-26-17(23)12-22-8-5-14-11-15(3-4-16(14)22)21-18(24)19(13-20)6-9-25-10-7-19;/h3-5,8,11H,2,6-7,9-10,12-13,20H2,1H3,(H,21,24);1H. The number of nitrogens with one attached hydrogen (secondary N) is 1. The van der Waals surface area contributed by atoms with Crippen molar-refractivity contribution in [3.8, 4) is 0 Å². The molecule has 1 aromatic heterocycles. The van der Waals surface area contributed by atoms with Gasteiger partial charge < -0.3 is 25.1 Å². The number of carbonyl (C=O) groups is 2. The third-order valence-electron chi connectivity index (χ3n) is 4.96. The SMILES string of the molecule is CCOC(=O)Cn1ccc2cc(NC(=O)C3(CN)CCOCC3)ccc21.Cl. The Morgan fingerprint density at radius 3 is 2.70 bits per heavy atom. The van der Waals surface area contributed by atoms with Crippen LogP contribution in [0.25, 0.3) is 10.9 Å². The molecule has 0 atom stereocenters. The number of anilines is 1. The van der Waals surface area contributed by atoms with Gasteiger partial charge in [-0.15, -0.1) is 12.4 Å². The van der Waals surface area contributed by atoms with Crippen molar-refractivity contribution in [1.29, 1.82) is 0 Å². The number of fused-ring (bicyclic) bond motifs is 1. The minimum atomic E-state index is -0.566. The van der Waals surface area contributed by atoms with Crippen LogP contribution in [0.2, 0.25) is 0 Å². The lowest BCUT2D eigenvalue weighted by Gasteiger charge is -2.34. The van der Waals surface area contributed by atoms with Crippen LogP contribution < -0.4 is 11.1 Å². The number of esters is 1. The van der Waals surface area contributed by atoms with Crippen LogP contribution >= 0.6 is 12.4 Å². The molecule has 2 aromatic rings. The number of carbonyl (C=O) groups excluding carboxylic acids is 2. The molecule has 1 aliphatic rings. The summed E-state index contributed by atoms with van der Waals surface area (Å²) in [4.78, 5) is 24.5. The molecule has 148 valence electrons. The fourth-order valence-electron chi connectivity index (χ4n) is 3.31. The third kappa shape index (κ3) is 4.61. The molecule has 0 bridgehead atoms. The van der Waals surface area contributed by atoms with E-state index in [4.69, 9.17) is 15.2 Å². The Kier molecular flexibility index (Phi) is 7.24. The molecule has 1 aliphatic heterocycles. The van der Waals surface area contributed by atoms with Crippen LogP contribution in [0.4, 0.5) is 5.69 Å². The molecule has 27 heavy (non-hydrogen) atoms. The second kappa shape index (κ2) is 9.21. The van der Waals surface area contributed by atoms with Crippen molar-refractivity contribution in [2.75, 3.05) is 31.7 Å². The van der Waals surface area contributed by atoms with Crippen molar-refractivity contribution < 1.29 is 19.1 Å². The number of rotatable bonds is 6. The van der Waals surface area contributed by atoms with Gasteiger partial charge in [0.25, 0.3) is 0 Å². The Hall–Kier alpha value is -2.09. The number of amides is 1. The Bertz CT molecular complexity index is 799. The highest BCUT2D eigenvalue weighted by molar-refractivity contribution is 5.97. The van der Waals surface area contributed by atoms with Gasteiger partial charge in [-0.3, -0.25) is 9.59 Å². The quantitative estimate of drug-likeness (QED) is 0.732. The second-order valence-electron chi connectivity index (χ2n) is 6.57. The fraction of sp³-hybridized carbons (Fsp3) is 0.474. The smallest absolute Gasteiger partial charge is 0.325 e. The lowest BCUT2D eigenvalue weighted by atomic mass is 9.79. The van der Waals surface area contributed by atoms with Crippen molar-refractivity contribution in [3.05, 3.63) is 30.5 Å². The summed E-state index contributed by atoms with van der Waals surface area (Å²) < 4.78 is 12.2. The average molecular weight is 396 g/mol. The van der Waals surface area contributed by atoms with Crippen molar-refractivity contribution in [2.45, 2.75) is 26.3 Å². The van der Waals surface area contributed by atoms with Gasteiger partial charge in [0.05, 0.1) is 12.0 Å². The Morgan fingerprint density at radius 1 is 1.30 bits per heavy atom. The van der Waals surface area contributed by atoms with E-state index in [1.807, 2.05) is 35.0 Å². The fourth-order valence-corrected chi connectivity index (χ4v) is 3.31.